The van der Waals surface area contributed by atoms with Crippen molar-refractivity contribution >= 4 is 0 Å². The summed E-state index contributed by atoms with van der Waals surface area (Å²) in [6.07, 6.45) is 2.48. The Morgan fingerprint density at radius 1 is 1.38 bits per heavy atom. The highest BCUT2D eigenvalue weighted by molar-refractivity contribution is 5.10. The summed E-state index contributed by atoms with van der Waals surface area (Å²) in [7, 11) is 0. The number of hydrogen-bond acceptors (Lipinski definition) is 3. The van der Waals surface area contributed by atoms with Gasteiger partial charge in [-0.15, -0.1) is 0 Å². The third-order valence-corrected chi connectivity index (χ3v) is 0.658. The van der Waals surface area contributed by atoms with E-state index in [0.29, 0.717) is 0 Å². The summed E-state index contributed by atoms with van der Waals surface area (Å²) in [5.74, 6) is 0.196. The van der Waals surface area contributed by atoms with Crippen LogP contribution in [0.15, 0.2) is 12.4 Å². The van der Waals surface area contributed by atoms with Gasteiger partial charge in [-0.2, -0.15) is 0 Å². The van der Waals surface area contributed by atoms with E-state index in [2.05, 4.69) is 9.97 Å². The summed E-state index contributed by atoms with van der Waals surface area (Å²) < 4.78 is 0. The van der Waals surface area contributed by atoms with Crippen LogP contribution in [0, 0.1) is 6.92 Å². The maximum Gasteiger partial charge on any atom is 0.152 e. The SMILES string of the molecule is [CH]c1ncc(O)cn1. The molecule has 0 aliphatic heterocycles. The van der Waals surface area contributed by atoms with Gasteiger partial charge < -0.3 is 5.11 Å². The molecule has 1 aromatic rings. The molecule has 3 heteroatoms. The lowest BCUT2D eigenvalue weighted by atomic mass is 10.6. The lowest BCUT2D eigenvalue weighted by Gasteiger charge is -1.87. The summed E-state index contributed by atoms with van der Waals surface area (Å²) in [6, 6.07) is 0. The fraction of sp³-hybridized carbons (Fsp3) is 0. The van der Waals surface area contributed by atoms with Crippen LogP contribution in [0.4, 0.5) is 0 Å². The Kier molecular flexibility index (Phi) is 1.12. The second-order valence-electron chi connectivity index (χ2n) is 1.30. The van der Waals surface area contributed by atoms with Gasteiger partial charge in [-0.1, -0.05) is 0 Å². The molecule has 1 N–H and O–H groups in total. The van der Waals surface area contributed by atoms with Crippen molar-refractivity contribution in [2.75, 3.05) is 0 Å². The Hall–Kier alpha value is -1.12. The van der Waals surface area contributed by atoms with Gasteiger partial charge in [0.05, 0.1) is 12.4 Å². The predicted molar refractivity (Wildman–Crippen MR) is 27.1 cm³/mol. The standard InChI is InChI=1S/C5H4N2O/c1-4-6-2-5(8)3-7-4/h1-3,8H. The van der Waals surface area contributed by atoms with Crippen LogP contribution in [0.25, 0.3) is 0 Å². The van der Waals surface area contributed by atoms with E-state index in [1.165, 1.54) is 12.4 Å². The first-order chi connectivity index (χ1) is 3.79. The van der Waals surface area contributed by atoms with E-state index in [1.807, 2.05) is 0 Å². The van der Waals surface area contributed by atoms with Crippen LogP contribution in [0.2, 0.25) is 0 Å². The molecule has 0 bridgehead atoms. The second kappa shape index (κ2) is 1.78. The van der Waals surface area contributed by atoms with Crippen LogP contribution < -0.4 is 0 Å². The second-order valence-corrected chi connectivity index (χ2v) is 1.30. The molecule has 0 unspecified atom stereocenters. The molecule has 40 valence electrons. The number of rotatable bonds is 0. The number of aromatic nitrogens is 2. The van der Waals surface area contributed by atoms with Crippen LogP contribution in [-0.2, 0) is 0 Å². The van der Waals surface area contributed by atoms with Crippen molar-refractivity contribution in [2.45, 2.75) is 0 Å². The van der Waals surface area contributed by atoms with Crippen molar-refractivity contribution in [1.29, 1.82) is 0 Å². The van der Waals surface area contributed by atoms with E-state index in [4.69, 9.17) is 12.0 Å². The van der Waals surface area contributed by atoms with Crippen LogP contribution in [-0.4, -0.2) is 15.1 Å². The molecule has 0 spiro atoms. The van der Waals surface area contributed by atoms with Gasteiger partial charge in [-0.05, 0) is 0 Å². The minimum Gasteiger partial charge on any atom is -0.505 e. The van der Waals surface area contributed by atoms with Crippen molar-refractivity contribution in [3.63, 3.8) is 0 Å². The highest BCUT2D eigenvalue weighted by atomic mass is 16.3. The van der Waals surface area contributed by atoms with Gasteiger partial charge in [0.1, 0.15) is 5.82 Å². The first-order valence-electron chi connectivity index (χ1n) is 2.05. The molecule has 0 saturated heterocycles. The Morgan fingerprint density at radius 2 is 1.88 bits per heavy atom. The zero-order valence-corrected chi connectivity index (χ0v) is 4.07. The summed E-state index contributed by atoms with van der Waals surface area (Å²) in [4.78, 5) is 6.99. The van der Waals surface area contributed by atoms with Gasteiger partial charge in [0.25, 0.3) is 0 Å². The molecule has 0 amide bonds. The molecular weight excluding hydrogens is 104 g/mol. The van der Waals surface area contributed by atoms with E-state index in [9.17, 15) is 0 Å². The predicted octanol–water partition coefficient (Wildman–Crippen LogP) is 0.241. The monoisotopic (exact) mass is 108 g/mol. The Bertz CT molecular complexity index is 149. The Morgan fingerprint density at radius 3 is 2.25 bits per heavy atom. The molecule has 1 aromatic heterocycles. The molecule has 2 radical (unpaired) electrons. The fourth-order valence-corrected chi connectivity index (χ4v) is 0.331. The highest BCUT2D eigenvalue weighted by Gasteiger charge is 1.85. The molecule has 1 rings (SSSR count). The zero-order chi connectivity index (χ0) is 5.98. The smallest absolute Gasteiger partial charge is 0.152 e. The van der Waals surface area contributed by atoms with Crippen molar-refractivity contribution < 1.29 is 5.11 Å². The quantitative estimate of drug-likeness (QED) is 0.517. The van der Waals surface area contributed by atoms with E-state index >= 15 is 0 Å². The minimum atomic E-state index is 0.0270. The third-order valence-electron chi connectivity index (χ3n) is 0.658. The van der Waals surface area contributed by atoms with Gasteiger partial charge in [-0.25, -0.2) is 9.97 Å². The molecule has 0 fully saturated rings. The molecule has 0 aromatic carbocycles. The minimum absolute atomic E-state index is 0.0270. The lowest BCUT2D eigenvalue weighted by molar-refractivity contribution is 0.469. The Balaban J connectivity index is 3.03. The Labute approximate surface area is 47.0 Å². The maximum atomic E-state index is 8.58. The molecular formula is C5H4N2O. The van der Waals surface area contributed by atoms with E-state index in [1.54, 1.807) is 0 Å². The highest BCUT2D eigenvalue weighted by Crippen LogP contribution is 1.99. The van der Waals surface area contributed by atoms with E-state index in [0.717, 1.165) is 0 Å². The van der Waals surface area contributed by atoms with Crippen LogP contribution in [0.3, 0.4) is 0 Å². The summed E-state index contributed by atoms with van der Waals surface area (Å²) in [5, 5.41) is 8.58. The average molecular weight is 108 g/mol. The first kappa shape index (κ1) is 5.03. The summed E-state index contributed by atoms with van der Waals surface area (Å²) >= 11 is 0. The molecule has 3 nitrogen and oxygen atoms in total. The molecule has 0 atom stereocenters. The van der Waals surface area contributed by atoms with Crippen molar-refractivity contribution in [3.8, 4) is 5.75 Å². The van der Waals surface area contributed by atoms with Gasteiger partial charge in [0, 0.05) is 6.92 Å². The van der Waals surface area contributed by atoms with E-state index < -0.39 is 0 Å². The van der Waals surface area contributed by atoms with Crippen molar-refractivity contribution in [3.05, 3.63) is 25.1 Å². The largest absolute Gasteiger partial charge is 0.505 e. The van der Waals surface area contributed by atoms with Gasteiger partial charge >= 0.3 is 0 Å². The van der Waals surface area contributed by atoms with Crippen molar-refractivity contribution in [2.24, 2.45) is 0 Å². The average Bonchev–Trinajstić information content (AvgIpc) is 1.77. The van der Waals surface area contributed by atoms with Crippen LogP contribution >= 0.6 is 0 Å². The number of hydrogen-bond donors (Lipinski definition) is 1. The van der Waals surface area contributed by atoms with Crippen LogP contribution in [0.5, 0.6) is 5.75 Å². The number of nitrogens with zero attached hydrogens (tertiary/aromatic N) is 2. The van der Waals surface area contributed by atoms with Gasteiger partial charge in [0.2, 0.25) is 0 Å². The van der Waals surface area contributed by atoms with Gasteiger partial charge in [-0.3, -0.25) is 0 Å². The molecule has 1 heterocycles. The zero-order valence-electron chi connectivity index (χ0n) is 4.07. The van der Waals surface area contributed by atoms with Crippen LogP contribution in [0.1, 0.15) is 5.82 Å². The van der Waals surface area contributed by atoms with Crippen molar-refractivity contribution in [1.82, 2.24) is 9.97 Å². The first-order valence-corrected chi connectivity index (χ1v) is 2.05. The maximum absolute atomic E-state index is 8.58. The van der Waals surface area contributed by atoms with E-state index in [-0.39, 0.29) is 11.6 Å². The fourth-order valence-electron chi connectivity index (χ4n) is 0.331. The molecule has 8 heavy (non-hydrogen) atoms. The number of aromatic hydroxyl groups is 1. The lowest BCUT2D eigenvalue weighted by Crippen LogP contribution is -1.82. The summed E-state index contributed by atoms with van der Waals surface area (Å²) in [6.45, 7) is 5.09. The van der Waals surface area contributed by atoms with Gasteiger partial charge in [0.15, 0.2) is 5.75 Å². The third kappa shape index (κ3) is 0.932. The molecule has 0 aliphatic carbocycles. The molecule has 0 aliphatic rings. The molecule has 0 saturated carbocycles. The topological polar surface area (TPSA) is 46.0 Å². The summed E-state index contributed by atoms with van der Waals surface area (Å²) in [5.41, 5.74) is 0. The normalized spacial score (nSPS) is 9.12.